The second-order valence-electron chi connectivity index (χ2n) is 2.99. The van der Waals surface area contributed by atoms with Gasteiger partial charge in [0.05, 0.1) is 12.7 Å². The zero-order valence-electron chi connectivity index (χ0n) is 7.37. The Morgan fingerprint density at radius 2 is 2.23 bits per heavy atom. The van der Waals surface area contributed by atoms with Crippen molar-refractivity contribution in [1.82, 2.24) is 0 Å². The minimum absolute atomic E-state index is 0.0132. The smallest absolute Gasteiger partial charge is 0.404 e. The zero-order chi connectivity index (χ0) is 9.68. The van der Waals surface area contributed by atoms with Crippen LogP contribution in [0.1, 0.15) is 19.3 Å². The van der Waals surface area contributed by atoms with Crippen molar-refractivity contribution in [2.45, 2.75) is 31.5 Å². The first-order valence-electron chi connectivity index (χ1n) is 4.32. The molecule has 0 amide bonds. The van der Waals surface area contributed by atoms with Gasteiger partial charge >= 0.3 is 5.43 Å². The van der Waals surface area contributed by atoms with Gasteiger partial charge in [-0.2, -0.15) is 0 Å². The molecular weight excluding hydrogens is 192 g/mol. The highest BCUT2D eigenvalue weighted by molar-refractivity contribution is 6.61. The van der Waals surface area contributed by atoms with E-state index in [0.717, 1.165) is 19.3 Å². The van der Waals surface area contributed by atoms with Crippen LogP contribution in [0.25, 0.3) is 0 Å². The Morgan fingerprint density at radius 1 is 1.54 bits per heavy atom. The Labute approximate surface area is 82.7 Å². The van der Waals surface area contributed by atoms with Gasteiger partial charge in [-0.05, 0) is 19.3 Å². The third-order valence-corrected chi connectivity index (χ3v) is 2.15. The van der Waals surface area contributed by atoms with Crippen LogP contribution in [-0.2, 0) is 9.47 Å². The van der Waals surface area contributed by atoms with Gasteiger partial charge in [0.25, 0.3) is 0 Å². The van der Waals surface area contributed by atoms with Crippen LogP contribution in [-0.4, -0.2) is 24.2 Å². The van der Waals surface area contributed by atoms with Gasteiger partial charge in [-0.3, -0.25) is 0 Å². The van der Waals surface area contributed by atoms with Crippen LogP contribution in [0, 0.1) is 0 Å². The van der Waals surface area contributed by atoms with Gasteiger partial charge < -0.3 is 9.47 Å². The fourth-order valence-electron chi connectivity index (χ4n) is 1.53. The summed E-state index contributed by atoms with van der Waals surface area (Å²) in [6.45, 7) is 4.04. The lowest BCUT2D eigenvalue weighted by atomic mass is 10.2. The summed E-state index contributed by atoms with van der Waals surface area (Å²) in [6, 6.07) is 0. The van der Waals surface area contributed by atoms with Gasteiger partial charge in [0.15, 0.2) is 0 Å². The SMILES string of the molecule is C=CCO[C@@H]1CCC[C@H]1OC(=O)Cl. The summed E-state index contributed by atoms with van der Waals surface area (Å²) in [4.78, 5) is 10.5. The molecule has 1 aliphatic rings. The molecule has 0 saturated heterocycles. The maximum Gasteiger partial charge on any atom is 0.404 e. The molecule has 0 aromatic heterocycles. The summed E-state index contributed by atoms with van der Waals surface area (Å²) >= 11 is 5.12. The molecule has 13 heavy (non-hydrogen) atoms. The van der Waals surface area contributed by atoms with Gasteiger partial charge in [-0.15, -0.1) is 6.58 Å². The maximum absolute atomic E-state index is 10.5. The number of rotatable bonds is 4. The molecule has 0 aromatic rings. The highest BCUT2D eigenvalue weighted by Gasteiger charge is 2.30. The average molecular weight is 205 g/mol. The molecule has 2 atom stereocenters. The predicted octanol–water partition coefficient (Wildman–Crippen LogP) is 2.49. The number of halogens is 1. The summed E-state index contributed by atoms with van der Waals surface area (Å²) in [7, 11) is 0. The van der Waals surface area contributed by atoms with Gasteiger partial charge in [0.1, 0.15) is 6.10 Å². The molecule has 74 valence electrons. The van der Waals surface area contributed by atoms with Crippen molar-refractivity contribution < 1.29 is 14.3 Å². The lowest BCUT2D eigenvalue weighted by Gasteiger charge is -2.18. The Bertz CT molecular complexity index is 193. The Morgan fingerprint density at radius 3 is 2.85 bits per heavy atom. The Balaban J connectivity index is 2.34. The molecule has 1 fully saturated rings. The second kappa shape index (κ2) is 5.25. The third-order valence-electron chi connectivity index (χ3n) is 2.06. The second-order valence-corrected chi connectivity index (χ2v) is 3.29. The van der Waals surface area contributed by atoms with Gasteiger partial charge in [-0.25, -0.2) is 4.79 Å². The van der Waals surface area contributed by atoms with Crippen molar-refractivity contribution in [2.75, 3.05) is 6.61 Å². The van der Waals surface area contributed by atoms with Crippen LogP contribution < -0.4 is 0 Å². The molecule has 0 unspecified atom stereocenters. The van der Waals surface area contributed by atoms with E-state index in [1.54, 1.807) is 6.08 Å². The van der Waals surface area contributed by atoms with Crippen LogP contribution in [0.3, 0.4) is 0 Å². The molecule has 0 radical (unpaired) electrons. The van der Waals surface area contributed by atoms with Crippen molar-refractivity contribution in [3.8, 4) is 0 Å². The molecule has 0 spiro atoms. The van der Waals surface area contributed by atoms with Gasteiger partial charge in [-0.1, -0.05) is 6.08 Å². The standard InChI is InChI=1S/C9H13ClO3/c1-2-6-12-7-4-3-5-8(7)13-9(10)11/h2,7-8H,1,3-6H2/t7-,8-/m1/s1. The highest BCUT2D eigenvalue weighted by Crippen LogP contribution is 2.25. The molecule has 3 nitrogen and oxygen atoms in total. The minimum atomic E-state index is -0.751. The first-order valence-corrected chi connectivity index (χ1v) is 4.70. The maximum atomic E-state index is 10.5. The quantitative estimate of drug-likeness (QED) is 0.521. The van der Waals surface area contributed by atoms with E-state index in [-0.39, 0.29) is 12.2 Å². The molecule has 0 heterocycles. The summed E-state index contributed by atoms with van der Waals surface area (Å²) in [6.07, 6.45) is 4.25. The van der Waals surface area contributed by atoms with Crippen LogP contribution in [0.15, 0.2) is 12.7 Å². The van der Waals surface area contributed by atoms with Crippen LogP contribution >= 0.6 is 11.6 Å². The van der Waals surface area contributed by atoms with E-state index in [2.05, 4.69) is 6.58 Å². The molecule has 4 heteroatoms. The molecule has 0 bridgehead atoms. The average Bonchev–Trinajstić information content (AvgIpc) is 2.48. The van der Waals surface area contributed by atoms with E-state index in [0.29, 0.717) is 6.61 Å². The topological polar surface area (TPSA) is 35.5 Å². The molecule has 1 rings (SSSR count). The van der Waals surface area contributed by atoms with E-state index in [4.69, 9.17) is 21.1 Å². The van der Waals surface area contributed by atoms with Gasteiger partial charge in [0.2, 0.25) is 0 Å². The van der Waals surface area contributed by atoms with E-state index in [1.807, 2.05) is 0 Å². The fraction of sp³-hybridized carbons (Fsp3) is 0.667. The Kier molecular flexibility index (Phi) is 4.25. The number of ether oxygens (including phenoxy) is 2. The normalized spacial score (nSPS) is 27.2. The number of hydrogen-bond acceptors (Lipinski definition) is 3. The number of carbonyl (C=O) groups is 1. The lowest BCUT2D eigenvalue weighted by molar-refractivity contribution is -0.00949. The molecule has 0 N–H and O–H groups in total. The largest absolute Gasteiger partial charge is 0.448 e. The fourth-order valence-corrected chi connectivity index (χ4v) is 1.64. The predicted molar refractivity (Wildman–Crippen MR) is 49.9 cm³/mol. The summed E-state index contributed by atoms with van der Waals surface area (Å²) < 4.78 is 10.3. The zero-order valence-corrected chi connectivity index (χ0v) is 8.13. The third kappa shape index (κ3) is 3.36. The van der Waals surface area contributed by atoms with Crippen molar-refractivity contribution in [3.63, 3.8) is 0 Å². The molecule has 1 aliphatic carbocycles. The van der Waals surface area contributed by atoms with Crippen molar-refractivity contribution >= 4 is 17.0 Å². The summed E-state index contributed by atoms with van der Waals surface area (Å²) in [5, 5.41) is 0. The molecular formula is C9H13ClO3. The van der Waals surface area contributed by atoms with Crippen molar-refractivity contribution in [3.05, 3.63) is 12.7 Å². The lowest BCUT2D eigenvalue weighted by Crippen LogP contribution is -2.27. The summed E-state index contributed by atoms with van der Waals surface area (Å²) in [5.41, 5.74) is -0.751. The first kappa shape index (κ1) is 10.5. The van der Waals surface area contributed by atoms with Gasteiger partial charge in [0, 0.05) is 11.6 Å². The summed E-state index contributed by atoms with van der Waals surface area (Å²) in [5.74, 6) is 0. The Hall–Kier alpha value is -0.540. The first-order chi connectivity index (χ1) is 6.24. The molecule has 1 saturated carbocycles. The minimum Gasteiger partial charge on any atom is -0.448 e. The van der Waals surface area contributed by atoms with E-state index >= 15 is 0 Å². The number of hydrogen-bond donors (Lipinski definition) is 0. The molecule has 0 aliphatic heterocycles. The van der Waals surface area contributed by atoms with E-state index < -0.39 is 5.43 Å². The van der Waals surface area contributed by atoms with E-state index in [1.165, 1.54) is 0 Å². The van der Waals surface area contributed by atoms with Crippen LogP contribution in [0.4, 0.5) is 4.79 Å². The van der Waals surface area contributed by atoms with Crippen LogP contribution in [0.2, 0.25) is 0 Å². The highest BCUT2D eigenvalue weighted by atomic mass is 35.5. The molecule has 0 aromatic carbocycles. The monoisotopic (exact) mass is 204 g/mol. The number of carbonyl (C=O) groups excluding carboxylic acids is 1. The van der Waals surface area contributed by atoms with Crippen molar-refractivity contribution in [2.24, 2.45) is 0 Å². The van der Waals surface area contributed by atoms with Crippen molar-refractivity contribution in [1.29, 1.82) is 0 Å². The van der Waals surface area contributed by atoms with Crippen LogP contribution in [0.5, 0.6) is 0 Å². The van der Waals surface area contributed by atoms with E-state index in [9.17, 15) is 4.79 Å².